The number of methoxy groups -OCH3 is 1. The summed E-state index contributed by atoms with van der Waals surface area (Å²) in [4.78, 5) is 12.6. The van der Waals surface area contributed by atoms with Gasteiger partial charge in [0.2, 0.25) is 0 Å². The van der Waals surface area contributed by atoms with E-state index in [4.69, 9.17) is 14.2 Å². The largest absolute Gasteiger partial charge is 0.494 e. The summed E-state index contributed by atoms with van der Waals surface area (Å²) in [6.07, 6.45) is 2.15. The van der Waals surface area contributed by atoms with Gasteiger partial charge < -0.3 is 14.2 Å². The Morgan fingerprint density at radius 3 is 2.95 bits per heavy atom. The lowest BCUT2D eigenvalue weighted by atomic mass is 9.81. The second kappa shape index (κ2) is 5.73. The minimum Gasteiger partial charge on any atom is -0.494 e. The van der Waals surface area contributed by atoms with Gasteiger partial charge in [-0.05, 0) is 31.0 Å². The van der Waals surface area contributed by atoms with Crippen molar-refractivity contribution in [3.63, 3.8) is 0 Å². The standard InChI is InChI=1S/C16H19FO4/c1-19-14-3-2-11(8-13(14)17)15(18)12-4-6-21-16(9-12)5-7-20-10-16/h2-3,8,12H,4-7,9-10H2,1H3. The average molecular weight is 294 g/mol. The topological polar surface area (TPSA) is 44.8 Å². The van der Waals surface area contributed by atoms with Gasteiger partial charge in [-0.2, -0.15) is 0 Å². The highest BCUT2D eigenvalue weighted by atomic mass is 19.1. The van der Waals surface area contributed by atoms with E-state index in [2.05, 4.69) is 0 Å². The number of hydrogen-bond acceptors (Lipinski definition) is 4. The van der Waals surface area contributed by atoms with Gasteiger partial charge in [0.15, 0.2) is 17.3 Å². The molecular formula is C16H19FO4. The minimum absolute atomic E-state index is 0.0221. The van der Waals surface area contributed by atoms with Crippen LogP contribution in [0.15, 0.2) is 18.2 Å². The van der Waals surface area contributed by atoms with Crippen LogP contribution in [0.5, 0.6) is 5.75 Å². The van der Waals surface area contributed by atoms with E-state index in [1.807, 2.05) is 0 Å². The quantitative estimate of drug-likeness (QED) is 0.804. The highest BCUT2D eigenvalue weighted by Gasteiger charge is 2.43. The second-order valence-corrected chi connectivity index (χ2v) is 5.74. The third kappa shape index (κ3) is 2.80. The first-order valence-corrected chi connectivity index (χ1v) is 7.23. The molecule has 2 saturated heterocycles. The van der Waals surface area contributed by atoms with Gasteiger partial charge in [0.25, 0.3) is 0 Å². The molecule has 0 radical (unpaired) electrons. The van der Waals surface area contributed by atoms with Crippen molar-refractivity contribution in [1.29, 1.82) is 0 Å². The van der Waals surface area contributed by atoms with Gasteiger partial charge in [-0.25, -0.2) is 4.39 Å². The van der Waals surface area contributed by atoms with Crippen LogP contribution < -0.4 is 4.74 Å². The van der Waals surface area contributed by atoms with Crippen LogP contribution in [0, 0.1) is 11.7 Å². The van der Waals surface area contributed by atoms with Gasteiger partial charge in [-0.3, -0.25) is 4.79 Å². The molecule has 1 aromatic rings. The zero-order valence-electron chi connectivity index (χ0n) is 12.1. The van der Waals surface area contributed by atoms with E-state index in [1.54, 1.807) is 6.07 Å². The average Bonchev–Trinajstić information content (AvgIpc) is 2.94. The lowest BCUT2D eigenvalue weighted by Gasteiger charge is -2.36. The number of halogens is 1. The molecule has 1 aromatic carbocycles. The number of carbonyl (C=O) groups is 1. The summed E-state index contributed by atoms with van der Waals surface area (Å²) in [5.74, 6) is -0.507. The number of hydrogen-bond donors (Lipinski definition) is 0. The number of carbonyl (C=O) groups excluding carboxylic acids is 1. The summed E-state index contributed by atoms with van der Waals surface area (Å²) >= 11 is 0. The summed E-state index contributed by atoms with van der Waals surface area (Å²) in [7, 11) is 1.40. The SMILES string of the molecule is COc1ccc(C(=O)C2CCOC3(CCOC3)C2)cc1F. The van der Waals surface area contributed by atoms with E-state index in [0.717, 1.165) is 6.42 Å². The zero-order chi connectivity index (χ0) is 14.9. The van der Waals surface area contributed by atoms with Gasteiger partial charge >= 0.3 is 0 Å². The summed E-state index contributed by atoms with van der Waals surface area (Å²) in [5, 5.41) is 0. The van der Waals surface area contributed by atoms with Crippen LogP contribution in [-0.4, -0.2) is 38.3 Å². The van der Waals surface area contributed by atoms with E-state index >= 15 is 0 Å². The molecule has 21 heavy (non-hydrogen) atoms. The number of rotatable bonds is 3. The Kier molecular flexibility index (Phi) is 3.95. The van der Waals surface area contributed by atoms with Crippen LogP contribution in [0.3, 0.4) is 0 Å². The molecule has 2 aliphatic heterocycles. The lowest BCUT2D eigenvalue weighted by Crippen LogP contribution is -2.42. The summed E-state index contributed by atoms with van der Waals surface area (Å²) < 4.78 is 29.9. The van der Waals surface area contributed by atoms with E-state index in [0.29, 0.717) is 38.2 Å². The van der Waals surface area contributed by atoms with Crippen molar-refractivity contribution in [3.05, 3.63) is 29.6 Å². The van der Waals surface area contributed by atoms with Crippen LogP contribution in [0.2, 0.25) is 0 Å². The Bertz CT molecular complexity index is 537. The predicted molar refractivity (Wildman–Crippen MR) is 74.1 cm³/mol. The van der Waals surface area contributed by atoms with Crippen molar-refractivity contribution in [2.24, 2.45) is 5.92 Å². The fourth-order valence-electron chi connectivity index (χ4n) is 3.17. The van der Waals surface area contributed by atoms with E-state index in [9.17, 15) is 9.18 Å². The van der Waals surface area contributed by atoms with E-state index in [1.165, 1.54) is 19.2 Å². The highest BCUT2D eigenvalue weighted by molar-refractivity contribution is 5.98. The molecule has 3 rings (SSSR count). The van der Waals surface area contributed by atoms with Crippen molar-refractivity contribution in [1.82, 2.24) is 0 Å². The van der Waals surface area contributed by atoms with Crippen LogP contribution in [0.4, 0.5) is 4.39 Å². The fraction of sp³-hybridized carbons (Fsp3) is 0.562. The Morgan fingerprint density at radius 2 is 2.29 bits per heavy atom. The molecule has 2 atom stereocenters. The molecule has 5 heteroatoms. The fourth-order valence-corrected chi connectivity index (χ4v) is 3.17. The molecule has 2 aliphatic rings. The minimum atomic E-state index is -0.505. The molecule has 2 heterocycles. The second-order valence-electron chi connectivity index (χ2n) is 5.74. The van der Waals surface area contributed by atoms with Crippen molar-refractivity contribution >= 4 is 5.78 Å². The third-order valence-corrected chi connectivity index (χ3v) is 4.37. The molecule has 2 fully saturated rings. The molecule has 1 spiro atoms. The van der Waals surface area contributed by atoms with E-state index < -0.39 is 5.82 Å². The van der Waals surface area contributed by atoms with Gasteiger partial charge in [-0.1, -0.05) is 0 Å². The maximum Gasteiger partial charge on any atom is 0.166 e. The first kappa shape index (κ1) is 14.5. The summed E-state index contributed by atoms with van der Waals surface area (Å²) in [5.41, 5.74) is 0.0816. The molecule has 0 bridgehead atoms. The predicted octanol–water partition coefficient (Wildman–Crippen LogP) is 2.60. The normalized spacial score (nSPS) is 28.8. The van der Waals surface area contributed by atoms with Crippen LogP contribution in [-0.2, 0) is 9.47 Å². The van der Waals surface area contributed by atoms with E-state index in [-0.39, 0.29) is 23.1 Å². The van der Waals surface area contributed by atoms with Crippen molar-refractivity contribution < 1.29 is 23.4 Å². The van der Waals surface area contributed by atoms with Crippen LogP contribution in [0.25, 0.3) is 0 Å². The van der Waals surface area contributed by atoms with Crippen molar-refractivity contribution in [3.8, 4) is 5.75 Å². The summed E-state index contributed by atoms with van der Waals surface area (Å²) in [6, 6.07) is 4.38. The number of ether oxygens (including phenoxy) is 3. The Morgan fingerprint density at radius 1 is 1.43 bits per heavy atom. The molecule has 0 amide bonds. The van der Waals surface area contributed by atoms with Crippen molar-refractivity contribution in [2.45, 2.75) is 24.9 Å². The highest BCUT2D eigenvalue weighted by Crippen LogP contribution is 2.37. The van der Waals surface area contributed by atoms with Gasteiger partial charge in [0, 0.05) is 31.1 Å². The monoisotopic (exact) mass is 294 g/mol. The maximum atomic E-state index is 13.8. The molecule has 0 saturated carbocycles. The van der Waals surface area contributed by atoms with Crippen LogP contribution in [0.1, 0.15) is 29.6 Å². The molecule has 0 N–H and O–H groups in total. The smallest absolute Gasteiger partial charge is 0.166 e. The maximum absolute atomic E-state index is 13.8. The first-order valence-electron chi connectivity index (χ1n) is 7.23. The van der Waals surface area contributed by atoms with Crippen LogP contribution >= 0.6 is 0 Å². The Labute approximate surface area is 123 Å². The number of Topliss-reactive ketones (excluding diaryl/α,β-unsaturated/α-hetero) is 1. The molecule has 2 unspecified atom stereocenters. The molecule has 114 valence electrons. The lowest BCUT2D eigenvalue weighted by molar-refractivity contribution is -0.0920. The molecule has 4 nitrogen and oxygen atoms in total. The Hall–Kier alpha value is -1.46. The number of ketones is 1. The molecular weight excluding hydrogens is 275 g/mol. The third-order valence-electron chi connectivity index (χ3n) is 4.37. The Balaban J connectivity index is 1.76. The number of benzene rings is 1. The summed E-state index contributed by atoms with van der Waals surface area (Å²) in [6.45, 7) is 1.78. The van der Waals surface area contributed by atoms with Gasteiger partial charge in [0.1, 0.15) is 0 Å². The van der Waals surface area contributed by atoms with Gasteiger partial charge in [-0.15, -0.1) is 0 Å². The first-order chi connectivity index (χ1) is 10.1. The molecule has 0 aliphatic carbocycles. The zero-order valence-corrected chi connectivity index (χ0v) is 12.1. The van der Waals surface area contributed by atoms with Crippen molar-refractivity contribution in [2.75, 3.05) is 26.9 Å². The molecule has 0 aromatic heterocycles. The van der Waals surface area contributed by atoms with Gasteiger partial charge in [0.05, 0.1) is 19.3 Å².